The second kappa shape index (κ2) is 3.49. The van der Waals surface area contributed by atoms with Crippen molar-refractivity contribution in [3.8, 4) is 0 Å². The van der Waals surface area contributed by atoms with Crippen molar-refractivity contribution in [1.82, 2.24) is 0 Å². The lowest BCUT2D eigenvalue weighted by Crippen LogP contribution is -2.59. The molecule has 0 aromatic heterocycles. The van der Waals surface area contributed by atoms with E-state index in [0.717, 1.165) is 25.7 Å². The molecule has 0 aromatic carbocycles. The normalized spacial score (nSPS) is 27.6. The van der Waals surface area contributed by atoms with Gasteiger partial charge in [0, 0.05) is 5.41 Å². The highest BCUT2D eigenvalue weighted by Gasteiger charge is 2.55. The van der Waals surface area contributed by atoms with Crippen molar-refractivity contribution in [3.05, 3.63) is 0 Å². The fourth-order valence-electron chi connectivity index (χ4n) is 3.18. The van der Waals surface area contributed by atoms with Gasteiger partial charge in [0.15, 0.2) is 0 Å². The Morgan fingerprint density at radius 2 is 1.86 bits per heavy atom. The molecule has 2 aliphatic rings. The number of rotatable bonds is 3. The fraction of sp³-hybridized carbons (Fsp3) is 1.00. The largest absolute Gasteiger partial charge is 0.380 e. The minimum Gasteiger partial charge on any atom is -0.380 e. The molecule has 0 unspecified atom stereocenters. The second-order valence-electron chi connectivity index (χ2n) is 5.72. The van der Waals surface area contributed by atoms with E-state index in [0.29, 0.717) is 5.41 Å². The highest BCUT2D eigenvalue weighted by molar-refractivity contribution is 5.03. The molecule has 0 atom stereocenters. The Morgan fingerprint density at radius 3 is 2.21 bits per heavy atom. The molecule has 2 rings (SSSR count). The van der Waals surface area contributed by atoms with Crippen LogP contribution in [0.4, 0.5) is 0 Å². The third-order valence-electron chi connectivity index (χ3n) is 4.71. The highest BCUT2D eigenvalue weighted by Crippen LogP contribution is 2.54. The first-order valence-electron chi connectivity index (χ1n) is 5.90. The van der Waals surface area contributed by atoms with Crippen LogP contribution in [0.3, 0.4) is 0 Å². The molecule has 2 nitrogen and oxygen atoms in total. The zero-order valence-corrected chi connectivity index (χ0v) is 9.51. The Morgan fingerprint density at radius 1 is 1.29 bits per heavy atom. The van der Waals surface area contributed by atoms with Gasteiger partial charge in [-0.25, -0.2) is 0 Å². The smallest absolute Gasteiger partial charge is 0.0553 e. The van der Waals surface area contributed by atoms with Crippen LogP contribution in [0.5, 0.6) is 0 Å². The molecule has 0 aromatic rings. The zero-order valence-electron chi connectivity index (χ0n) is 9.51. The molecular formula is C12H23NO. The Kier molecular flexibility index (Phi) is 2.61. The summed E-state index contributed by atoms with van der Waals surface area (Å²) in [6.45, 7) is 7.30. The molecule has 0 radical (unpaired) electrons. The van der Waals surface area contributed by atoms with Crippen LogP contribution >= 0.6 is 0 Å². The minimum absolute atomic E-state index is 0.250. The molecule has 1 aliphatic heterocycles. The predicted octanol–water partition coefficient (Wildman–Crippen LogP) is 2.18. The van der Waals surface area contributed by atoms with Gasteiger partial charge in [0.05, 0.1) is 13.2 Å². The van der Waals surface area contributed by atoms with Crippen LogP contribution in [-0.4, -0.2) is 19.8 Å². The summed E-state index contributed by atoms with van der Waals surface area (Å²) in [5.41, 5.74) is 6.57. The summed E-state index contributed by atoms with van der Waals surface area (Å²) in [7, 11) is 0. The van der Waals surface area contributed by atoms with Gasteiger partial charge in [0.2, 0.25) is 0 Å². The molecule has 1 saturated carbocycles. The van der Waals surface area contributed by atoms with E-state index in [1.807, 2.05) is 0 Å². The number of hydrogen-bond donors (Lipinski definition) is 1. The lowest BCUT2D eigenvalue weighted by atomic mass is 9.57. The molecule has 0 amide bonds. The molecule has 82 valence electrons. The van der Waals surface area contributed by atoms with Crippen LogP contribution < -0.4 is 5.73 Å². The molecule has 14 heavy (non-hydrogen) atoms. The van der Waals surface area contributed by atoms with Gasteiger partial charge >= 0.3 is 0 Å². The van der Waals surface area contributed by atoms with E-state index < -0.39 is 0 Å². The summed E-state index contributed by atoms with van der Waals surface area (Å²) in [5, 5.41) is 0. The summed E-state index contributed by atoms with van der Waals surface area (Å²) in [6.07, 6.45) is 5.61. The van der Waals surface area contributed by atoms with Crippen molar-refractivity contribution < 1.29 is 4.74 Å². The first-order valence-corrected chi connectivity index (χ1v) is 5.90. The van der Waals surface area contributed by atoms with Gasteiger partial charge in [-0.1, -0.05) is 26.7 Å². The third kappa shape index (κ3) is 1.31. The molecule has 0 bridgehead atoms. The Labute approximate surface area is 87.2 Å². The van der Waals surface area contributed by atoms with Crippen molar-refractivity contribution in [2.24, 2.45) is 22.5 Å². The summed E-state index contributed by atoms with van der Waals surface area (Å²) >= 11 is 0. The first kappa shape index (κ1) is 10.4. The van der Waals surface area contributed by atoms with Crippen LogP contribution in [0.2, 0.25) is 0 Å². The predicted molar refractivity (Wildman–Crippen MR) is 58.0 cm³/mol. The van der Waals surface area contributed by atoms with Gasteiger partial charge in [-0.15, -0.1) is 0 Å². The molecule has 2 N–H and O–H groups in total. The third-order valence-corrected chi connectivity index (χ3v) is 4.71. The molecule has 2 fully saturated rings. The van der Waals surface area contributed by atoms with E-state index in [4.69, 9.17) is 10.5 Å². The number of ether oxygens (including phenoxy) is 1. The first-order chi connectivity index (χ1) is 6.62. The number of hydrogen-bond acceptors (Lipinski definition) is 2. The van der Waals surface area contributed by atoms with E-state index >= 15 is 0 Å². The Bertz CT molecular complexity index is 202. The Hall–Kier alpha value is -0.0800. The Balaban J connectivity index is 2.16. The molecule has 1 heterocycles. The standard InChI is InChI=1S/C12H23NO/c1-11(2,7-13)12(8-14-9-12)10-5-3-4-6-10/h10H,3-9,13H2,1-2H3. The van der Waals surface area contributed by atoms with E-state index in [1.54, 1.807) is 0 Å². The van der Waals surface area contributed by atoms with E-state index in [2.05, 4.69) is 13.8 Å². The van der Waals surface area contributed by atoms with Crippen LogP contribution in [0.15, 0.2) is 0 Å². The molecule has 1 saturated heterocycles. The van der Waals surface area contributed by atoms with Crippen LogP contribution in [0.25, 0.3) is 0 Å². The lowest BCUT2D eigenvalue weighted by Gasteiger charge is -2.56. The van der Waals surface area contributed by atoms with Gasteiger partial charge < -0.3 is 10.5 Å². The van der Waals surface area contributed by atoms with Crippen molar-refractivity contribution in [1.29, 1.82) is 0 Å². The molecule has 0 spiro atoms. The highest BCUT2D eigenvalue weighted by atomic mass is 16.5. The second-order valence-corrected chi connectivity index (χ2v) is 5.72. The van der Waals surface area contributed by atoms with E-state index in [9.17, 15) is 0 Å². The average Bonchev–Trinajstić information content (AvgIpc) is 2.55. The summed E-state index contributed by atoms with van der Waals surface area (Å²) in [4.78, 5) is 0. The van der Waals surface area contributed by atoms with Gasteiger partial charge in [-0.05, 0) is 30.7 Å². The van der Waals surface area contributed by atoms with Crippen molar-refractivity contribution >= 4 is 0 Å². The monoisotopic (exact) mass is 197 g/mol. The van der Waals surface area contributed by atoms with Gasteiger partial charge in [0.25, 0.3) is 0 Å². The van der Waals surface area contributed by atoms with Gasteiger partial charge in [-0.2, -0.15) is 0 Å². The summed E-state index contributed by atoms with van der Waals surface area (Å²) < 4.78 is 5.48. The zero-order chi connectivity index (χ0) is 10.2. The van der Waals surface area contributed by atoms with Crippen molar-refractivity contribution in [2.45, 2.75) is 39.5 Å². The van der Waals surface area contributed by atoms with Gasteiger partial charge in [0.1, 0.15) is 0 Å². The summed E-state index contributed by atoms with van der Waals surface area (Å²) in [6, 6.07) is 0. The SMILES string of the molecule is CC(C)(CN)C1(C2CCCC2)COC1. The maximum absolute atomic E-state index is 5.91. The van der Waals surface area contributed by atoms with Crippen LogP contribution in [0, 0.1) is 16.7 Å². The van der Waals surface area contributed by atoms with Crippen LogP contribution in [0.1, 0.15) is 39.5 Å². The number of nitrogens with two attached hydrogens (primary N) is 1. The van der Waals surface area contributed by atoms with E-state index in [-0.39, 0.29) is 5.41 Å². The topological polar surface area (TPSA) is 35.2 Å². The fourth-order valence-corrected chi connectivity index (χ4v) is 3.18. The lowest BCUT2D eigenvalue weighted by molar-refractivity contribution is -0.203. The average molecular weight is 197 g/mol. The van der Waals surface area contributed by atoms with Crippen molar-refractivity contribution in [3.63, 3.8) is 0 Å². The molecular weight excluding hydrogens is 174 g/mol. The van der Waals surface area contributed by atoms with E-state index in [1.165, 1.54) is 25.7 Å². The summed E-state index contributed by atoms with van der Waals surface area (Å²) in [5.74, 6) is 0.870. The van der Waals surface area contributed by atoms with Crippen molar-refractivity contribution in [2.75, 3.05) is 19.8 Å². The maximum Gasteiger partial charge on any atom is 0.0553 e. The van der Waals surface area contributed by atoms with Crippen LogP contribution in [-0.2, 0) is 4.74 Å². The molecule has 1 aliphatic carbocycles. The minimum atomic E-state index is 0.250. The molecule has 2 heteroatoms. The van der Waals surface area contributed by atoms with Gasteiger partial charge in [-0.3, -0.25) is 0 Å². The quantitative estimate of drug-likeness (QED) is 0.752. The maximum atomic E-state index is 5.91.